The Bertz CT molecular complexity index is 1150. The lowest BCUT2D eigenvalue weighted by molar-refractivity contribution is 0.102. The van der Waals surface area contributed by atoms with Gasteiger partial charge in [-0.3, -0.25) is 4.79 Å². The fourth-order valence-corrected chi connectivity index (χ4v) is 3.88. The number of hydrogen-bond donors (Lipinski definition) is 3. The fraction of sp³-hybridized carbons (Fsp3) is 0.333. The number of halogens is 3. The van der Waals surface area contributed by atoms with E-state index in [2.05, 4.69) is 10.0 Å². The van der Waals surface area contributed by atoms with Crippen LogP contribution in [0.1, 0.15) is 31.1 Å². The molecule has 0 atom stereocenters. The van der Waals surface area contributed by atoms with Gasteiger partial charge in [-0.25, -0.2) is 31.1 Å². The zero-order chi connectivity index (χ0) is 25.0. The number of nitrogens with one attached hydrogen (secondary N) is 2. The van der Waals surface area contributed by atoms with Gasteiger partial charge < -0.3 is 15.3 Å². The SMILES string of the molecule is CC(C)(C)CN(CCNS(=O)(=O)c1ccc(F)c(C(=O)Nc2ccc(F)c(F)c2)c1)C(=O)O. The Hall–Kier alpha value is -3.12. The monoisotopic (exact) mass is 487 g/mol. The second-order valence-electron chi connectivity index (χ2n) is 8.39. The summed E-state index contributed by atoms with van der Waals surface area (Å²) in [6, 6.07) is 5.03. The third-order valence-corrected chi connectivity index (χ3v) is 5.74. The normalized spacial score (nSPS) is 11.8. The number of rotatable bonds is 8. The van der Waals surface area contributed by atoms with Crippen LogP contribution >= 0.6 is 0 Å². The van der Waals surface area contributed by atoms with Crippen molar-refractivity contribution >= 4 is 27.7 Å². The van der Waals surface area contributed by atoms with Crippen LogP contribution < -0.4 is 10.0 Å². The molecule has 0 aliphatic rings. The van der Waals surface area contributed by atoms with Gasteiger partial charge in [0.15, 0.2) is 11.6 Å². The van der Waals surface area contributed by atoms with E-state index < -0.39 is 49.9 Å². The van der Waals surface area contributed by atoms with Crippen LogP contribution in [0, 0.1) is 22.9 Å². The molecule has 0 radical (unpaired) electrons. The Morgan fingerprint density at radius 3 is 2.21 bits per heavy atom. The summed E-state index contributed by atoms with van der Waals surface area (Å²) in [5, 5.41) is 11.4. The van der Waals surface area contributed by atoms with Crippen molar-refractivity contribution in [1.29, 1.82) is 0 Å². The Morgan fingerprint density at radius 1 is 1.00 bits per heavy atom. The van der Waals surface area contributed by atoms with Crippen LogP contribution in [-0.4, -0.2) is 50.1 Å². The van der Waals surface area contributed by atoms with Crippen LogP contribution in [0.15, 0.2) is 41.3 Å². The number of amides is 2. The van der Waals surface area contributed by atoms with Crippen LogP contribution in [-0.2, 0) is 10.0 Å². The predicted octanol–water partition coefficient (Wildman–Crippen LogP) is 3.66. The molecule has 12 heteroatoms. The van der Waals surface area contributed by atoms with Crippen LogP contribution in [0.2, 0.25) is 0 Å². The minimum Gasteiger partial charge on any atom is -0.465 e. The van der Waals surface area contributed by atoms with E-state index in [0.29, 0.717) is 6.07 Å². The van der Waals surface area contributed by atoms with Crippen LogP contribution in [0.5, 0.6) is 0 Å². The first-order valence-corrected chi connectivity index (χ1v) is 11.2. The van der Waals surface area contributed by atoms with Crippen molar-refractivity contribution in [2.24, 2.45) is 5.41 Å². The first kappa shape index (κ1) is 26.1. The Labute approximate surface area is 189 Å². The Balaban J connectivity index is 2.14. The standard InChI is InChI=1S/C21H24F3N3O5S/c1-21(2,3)12-27(20(29)30)9-8-25-33(31,32)14-5-7-16(22)15(11-14)19(28)26-13-4-6-17(23)18(24)10-13/h4-7,10-11,25H,8-9,12H2,1-3H3,(H,26,28)(H,29,30). The molecule has 0 spiro atoms. The summed E-state index contributed by atoms with van der Waals surface area (Å²) in [4.78, 5) is 24.4. The highest BCUT2D eigenvalue weighted by atomic mass is 32.2. The van der Waals surface area contributed by atoms with Gasteiger partial charge in [0, 0.05) is 31.4 Å². The molecule has 0 fully saturated rings. The third-order valence-electron chi connectivity index (χ3n) is 4.28. The molecule has 0 unspecified atom stereocenters. The number of benzene rings is 2. The predicted molar refractivity (Wildman–Crippen MR) is 115 cm³/mol. The molecule has 2 aromatic carbocycles. The minimum absolute atomic E-state index is 0.128. The van der Waals surface area contributed by atoms with Crippen LogP contribution in [0.25, 0.3) is 0 Å². The number of carbonyl (C=O) groups is 2. The van der Waals surface area contributed by atoms with Gasteiger partial charge in [0.25, 0.3) is 5.91 Å². The van der Waals surface area contributed by atoms with Crippen molar-refractivity contribution in [3.63, 3.8) is 0 Å². The van der Waals surface area contributed by atoms with Gasteiger partial charge in [-0.1, -0.05) is 20.8 Å². The lowest BCUT2D eigenvalue weighted by Gasteiger charge is -2.27. The average molecular weight is 488 g/mol. The quantitative estimate of drug-likeness (QED) is 0.526. The number of nitrogens with zero attached hydrogens (tertiary/aromatic N) is 1. The van der Waals surface area contributed by atoms with Gasteiger partial charge >= 0.3 is 6.09 Å². The highest BCUT2D eigenvalue weighted by molar-refractivity contribution is 7.89. The lowest BCUT2D eigenvalue weighted by Crippen LogP contribution is -2.41. The Morgan fingerprint density at radius 2 is 1.64 bits per heavy atom. The zero-order valence-electron chi connectivity index (χ0n) is 18.2. The summed E-state index contributed by atoms with van der Waals surface area (Å²) >= 11 is 0. The van der Waals surface area contributed by atoms with Crippen molar-refractivity contribution in [3.05, 3.63) is 59.4 Å². The molecule has 2 amide bonds. The van der Waals surface area contributed by atoms with Gasteiger partial charge in [-0.15, -0.1) is 0 Å². The highest BCUT2D eigenvalue weighted by Gasteiger charge is 2.23. The summed E-state index contributed by atoms with van der Waals surface area (Å²) in [6.07, 6.45) is -1.21. The van der Waals surface area contributed by atoms with Crippen molar-refractivity contribution in [2.75, 3.05) is 25.0 Å². The van der Waals surface area contributed by atoms with E-state index in [9.17, 15) is 36.3 Å². The topological polar surface area (TPSA) is 116 Å². The van der Waals surface area contributed by atoms with Crippen molar-refractivity contribution < 1.29 is 36.3 Å². The number of anilines is 1. The molecule has 0 heterocycles. The van der Waals surface area contributed by atoms with Crippen molar-refractivity contribution in [2.45, 2.75) is 25.7 Å². The van der Waals surface area contributed by atoms with E-state index in [4.69, 9.17) is 0 Å². The summed E-state index contributed by atoms with van der Waals surface area (Å²) in [6.45, 7) is 5.29. The molecule has 3 N–H and O–H groups in total. The van der Waals surface area contributed by atoms with Gasteiger partial charge in [0.05, 0.1) is 10.5 Å². The summed E-state index contributed by atoms with van der Waals surface area (Å²) in [5.74, 6) is -4.47. The van der Waals surface area contributed by atoms with Gasteiger partial charge in [0.1, 0.15) is 5.82 Å². The number of sulfonamides is 1. The van der Waals surface area contributed by atoms with Crippen LogP contribution in [0.3, 0.4) is 0 Å². The molecule has 0 bridgehead atoms. The maximum absolute atomic E-state index is 14.2. The number of hydrogen-bond acceptors (Lipinski definition) is 4. The molecule has 0 aliphatic carbocycles. The summed E-state index contributed by atoms with van der Waals surface area (Å²) in [7, 11) is -4.21. The summed E-state index contributed by atoms with van der Waals surface area (Å²) < 4.78 is 67.9. The fourth-order valence-electron chi connectivity index (χ4n) is 2.83. The molecule has 0 saturated carbocycles. The van der Waals surface area contributed by atoms with Gasteiger partial charge in [-0.2, -0.15) is 0 Å². The van der Waals surface area contributed by atoms with Gasteiger partial charge in [-0.05, 0) is 35.7 Å². The van der Waals surface area contributed by atoms with E-state index in [1.54, 1.807) is 0 Å². The molecule has 2 rings (SSSR count). The van der Waals surface area contributed by atoms with E-state index in [-0.39, 0.29) is 30.7 Å². The van der Waals surface area contributed by atoms with E-state index >= 15 is 0 Å². The van der Waals surface area contributed by atoms with E-state index in [1.807, 2.05) is 20.8 Å². The molecule has 180 valence electrons. The molecule has 8 nitrogen and oxygen atoms in total. The largest absolute Gasteiger partial charge is 0.465 e. The third kappa shape index (κ3) is 7.46. The maximum atomic E-state index is 14.2. The molecular weight excluding hydrogens is 463 g/mol. The maximum Gasteiger partial charge on any atom is 0.407 e. The molecule has 33 heavy (non-hydrogen) atoms. The number of carboxylic acid groups (broad SMARTS) is 1. The molecule has 0 aromatic heterocycles. The molecule has 2 aromatic rings. The van der Waals surface area contributed by atoms with Crippen molar-refractivity contribution in [3.8, 4) is 0 Å². The lowest BCUT2D eigenvalue weighted by atomic mass is 9.96. The minimum atomic E-state index is -4.21. The smallest absolute Gasteiger partial charge is 0.407 e. The average Bonchev–Trinajstić information content (AvgIpc) is 2.69. The summed E-state index contributed by atoms with van der Waals surface area (Å²) in [5.41, 5.74) is -1.14. The molecule has 0 saturated heterocycles. The molecule has 0 aliphatic heterocycles. The van der Waals surface area contributed by atoms with E-state index in [1.165, 1.54) is 0 Å². The van der Waals surface area contributed by atoms with Crippen molar-refractivity contribution in [1.82, 2.24) is 9.62 Å². The second-order valence-corrected chi connectivity index (χ2v) is 10.2. The first-order valence-electron chi connectivity index (χ1n) is 9.73. The van der Waals surface area contributed by atoms with Crippen LogP contribution in [0.4, 0.5) is 23.7 Å². The second kappa shape index (κ2) is 10.2. The van der Waals surface area contributed by atoms with Gasteiger partial charge in [0.2, 0.25) is 10.0 Å². The molecular formula is C21H24F3N3O5S. The first-order chi connectivity index (χ1) is 15.2. The Kier molecular flexibility index (Phi) is 8.09. The van der Waals surface area contributed by atoms with E-state index in [0.717, 1.165) is 35.2 Å². The highest BCUT2D eigenvalue weighted by Crippen LogP contribution is 2.19. The zero-order valence-corrected chi connectivity index (χ0v) is 19.0. The number of carbonyl (C=O) groups excluding carboxylic acids is 1.